The maximum Gasteiger partial charge on any atom is 0.332 e. The summed E-state index contributed by atoms with van der Waals surface area (Å²) in [5.74, 6) is 1.24. The second-order valence-corrected chi connectivity index (χ2v) is 7.74. The van der Waals surface area contributed by atoms with Gasteiger partial charge in [0.1, 0.15) is 5.75 Å². The first-order valence-corrected chi connectivity index (χ1v) is 10.6. The fraction of sp³-hybridized carbons (Fsp3) is 0.208. The van der Waals surface area contributed by atoms with Crippen LogP contribution in [0.5, 0.6) is 5.75 Å². The fourth-order valence-electron chi connectivity index (χ4n) is 4.12. The van der Waals surface area contributed by atoms with Crippen LogP contribution in [0.3, 0.4) is 0 Å². The molecule has 0 spiro atoms. The number of ether oxygens (including phenoxy) is 1. The van der Waals surface area contributed by atoms with Gasteiger partial charge in [-0.1, -0.05) is 30.3 Å². The lowest BCUT2D eigenvalue weighted by Crippen LogP contribution is -2.39. The average molecular weight is 445 g/mol. The molecule has 0 fully saturated rings. The monoisotopic (exact) mass is 445 g/mol. The van der Waals surface area contributed by atoms with Crippen molar-refractivity contribution >= 4 is 16.9 Å². The predicted molar refractivity (Wildman–Crippen MR) is 125 cm³/mol. The minimum atomic E-state index is -0.457. The molecule has 0 amide bonds. The summed E-state index contributed by atoms with van der Waals surface area (Å²) in [6, 6.07) is 17.4. The van der Waals surface area contributed by atoms with Gasteiger partial charge in [-0.3, -0.25) is 22.9 Å². The number of methoxy groups -OCH3 is 1. The molecule has 2 aromatic carbocycles. The Labute approximate surface area is 188 Å². The summed E-state index contributed by atoms with van der Waals surface area (Å²) < 4.78 is 11.5. The molecule has 5 aromatic rings. The molecule has 0 radical (unpaired) electrons. The number of nitrogens with zero attached hydrogens (tertiary/aromatic N) is 5. The van der Waals surface area contributed by atoms with Crippen molar-refractivity contribution in [1.82, 2.24) is 23.1 Å². The predicted octanol–water partition coefficient (Wildman–Crippen LogP) is 2.20. The van der Waals surface area contributed by atoms with Crippen molar-refractivity contribution in [3.63, 3.8) is 0 Å². The van der Waals surface area contributed by atoms with Gasteiger partial charge in [0.05, 0.1) is 12.8 Å². The van der Waals surface area contributed by atoms with Crippen LogP contribution in [0.4, 0.5) is 0 Å². The van der Waals surface area contributed by atoms with Crippen molar-refractivity contribution in [2.45, 2.75) is 13.0 Å². The van der Waals surface area contributed by atoms with Crippen LogP contribution in [0.15, 0.2) is 70.4 Å². The van der Waals surface area contributed by atoms with E-state index in [0.29, 0.717) is 23.4 Å². The first-order valence-electron chi connectivity index (χ1n) is 10.6. The van der Waals surface area contributed by atoms with Gasteiger partial charge in [0.15, 0.2) is 11.2 Å². The summed E-state index contributed by atoms with van der Waals surface area (Å²) in [6.07, 6.45) is 2.18. The van der Waals surface area contributed by atoms with Crippen molar-refractivity contribution in [3.8, 4) is 22.7 Å². The van der Waals surface area contributed by atoms with E-state index >= 15 is 0 Å². The van der Waals surface area contributed by atoms with Crippen molar-refractivity contribution in [2.24, 2.45) is 7.05 Å². The highest BCUT2D eigenvalue weighted by Gasteiger charge is 2.22. The standard InChI is InChI=1S/C24H23N5O4/c1-26-21-20(22(31)27(24(26)32)13-6-14-30)28-15-19(16-7-4-3-5-8-16)29(23(28)25-21)17-9-11-18(33-2)12-10-17/h3-5,7-12,15,30H,6,13-14H2,1-2H3. The summed E-state index contributed by atoms with van der Waals surface area (Å²) in [7, 11) is 3.21. The molecule has 33 heavy (non-hydrogen) atoms. The van der Waals surface area contributed by atoms with Crippen LogP contribution in [0.1, 0.15) is 6.42 Å². The molecule has 0 unspecified atom stereocenters. The zero-order valence-corrected chi connectivity index (χ0v) is 18.3. The highest BCUT2D eigenvalue weighted by atomic mass is 16.5. The number of aromatic nitrogens is 5. The topological polar surface area (TPSA) is 95.7 Å². The molecule has 9 heteroatoms. The normalized spacial score (nSPS) is 11.5. The largest absolute Gasteiger partial charge is 0.497 e. The van der Waals surface area contributed by atoms with Crippen molar-refractivity contribution in [2.75, 3.05) is 13.7 Å². The number of imidazole rings is 2. The Kier molecular flexibility index (Phi) is 5.10. The molecular formula is C24H23N5O4. The van der Waals surface area contributed by atoms with E-state index in [1.54, 1.807) is 18.6 Å². The van der Waals surface area contributed by atoms with E-state index in [2.05, 4.69) is 0 Å². The van der Waals surface area contributed by atoms with E-state index in [1.165, 1.54) is 4.57 Å². The molecule has 5 rings (SSSR count). The van der Waals surface area contributed by atoms with Crippen LogP contribution in [0, 0.1) is 0 Å². The van der Waals surface area contributed by atoms with Gasteiger partial charge in [-0.15, -0.1) is 0 Å². The zero-order chi connectivity index (χ0) is 23.1. The summed E-state index contributed by atoms with van der Waals surface area (Å²) in [4.78, 5) is 30.9. The average Bonchev–Trinajstić information content (AvgIpc) is 3.40. The molecule has 168 valence electrons. The van der Waals surface area contributed by atoms with Gasteiger partial charge >= 0.3 is 5.69 Å². The number of benzene rings is 2. The Bertz CT molecular complexity index is 1570. The molecule has 0 aliphatic heterocycles. The van der Waals surface area contributed by atoms with Crippen LogP contribution in [0.25, 0.3) is 33.9 Å². The number of hydrogen-bond acceptors (Lipinski definition) is 5. The third-order valence-corrected chi connectivity index (χ3v) is 5.79. The Morgan fingerprint density at radius 2 is 1.76 bits per heavy atom. The van der Waals surface area contributed by atoms with Crippen molar-refractivity contribution in [3.05, 3.63) is 81.6 Å². The second-order valence-electron chi connectivity index (χ2n) is 7.74. The number of hydrogen-bond donors (Lipinski definition) is 1. The molecule has 1 N–H and O–H groups in total. The number of aliphatic hydroxyl groups excluding tert-OH is 1. The van der Waals surface area contributed by atoms with Gasteiger partial charge in [0, 0.05) is 37.6 Å². The first-order chi connectivity index (χ1) is 16.0. The molecule has 0 saturated carbocycles. The maximum atomic E-state index is 13.3. The van der Waals surface area contributed by atoms with E-state index in [0.717, 1.165) is 27.3 Å². The van der Waals surface area contributed by atoms with E-state index in [-0.39, 0.29) is 13.2 Å². The van der Waals surface area contributed by atoms with E-state index < -0.39 is 11.2 Å². The van der Waals surface area contributed by atoms with Gasteiger partial charge < -0.3 is 9.84 Å². The lowest BCUT2D eigenvalue weighted by atomic mass is 10.1. The van der Waals surface area contributed by atoms with Gasteiger partial charge in [-0.2, -0.15) is 4.98 Å². The molecule has 9 nitrogen and oxygen atoms in total. The molecule has 0 bridgehead atoms. The minimum absolute atomic E-state index is 0.110. The SMILES string of the molecule is COc1ccc(-n2c(-c3ccccc3)cn3c4c(=O)n(CCCO)c(=O)n(C)c4nc23)cc1. The van der Waals surface area contributed by atoms with Crippen LogP contribution in [0.2, 0.25) is 0 Å². The summed E-state index contributed by atoms with van der Waals surface area (Å²) in [5, 5.41) is 9.20. The Balaban J connectivity index is 1.88. The lowest BCUT2D eigenvalue weighted by Gasteiger charge is -2.10. The number of aryl methyl sites for hydroxylation is 1. The third kappa shape index (κ3) is 3.25. The Morgan fingerprint density at radius 3 is 2.42 bits per heavy atom. The van der Waals surface area contributed by atoms with Gasteiger partial charge in [0.2, 0.25) is 5.78 Å². The quantitative estimate of drug-likeness (QED) is 0.432. The Morgan fingerprint density at radius 1 is 1.03 bits per heavy atom. The van der Waals surface area contributed by atoms with Crippen LogP contribution in [-0.4, -0.2) is 41.9 Å². The van der Waals surface area contributed by atoms with E-state index in [1.807, 2.05) is 65.4 Å². The molecule has 3 heterocycles. The minimum Gasteiger partial charge on any atom is -0.497 e. The van der Waals surface area contributed by atoms with Crippen LogP contribution < -0.4 is 16.0 Å². The van der Waals surface area contributed by atoms with E-state index in [9.17, 15) is 14.7 Å². The number of aliphatic hydroxyl groups is 1. The van der Waals surface area contributed by atoms with Gasteiger partial charge in [-0.05, 0) is 30.7 Å². The van der Waals surface area contributed by atoms with E-state index in [4.69, 9.17) is 9.72 Å². The molecule has 3 aromatic heterocycles. The Hall–Kier alpha value is -4.11. The molecule has 0 aliphatic carbocycles. The highest BCUT2D eigenvalue weighted by Crippen LogP contribution is 2.29. The maximum absolute atomic E-state index is 13.3. The number of rotatable bonds is 6. The highest BCUT2D eigenvalue weighted by molar-refractivity contribution is 5.79. The van der Waals surface area contributed by atoms with Crippen molar-refractivity contribution in [1.29, 1.82) is 0 Å². The smallest absolute Gasteiger partial charge is 0.332 e. The van der Waals surface area contributed by atoms with Gasteiger partial charge in [0.25, 0.3) is 5.56 Å². The molecule has 0 saturated heterocycles. The molecular weight excluding hydrogens is 422 g/mol. The third-order valence-electron chi connectivity index (χ3n) is 5.79. The fourth-order valence-corrected chi connectivity index (χ4v) is 4.12. The summed E-state index contributed by atoms with van der Waals surface area (Å²) >= 11 is 0. The molecule has 0 aliphatic rings. The van der Waals surface area contributed by atoms with Gasteiger partial charge in [-0.25, -0.2) is 4.79 Å². The summed E-state index contributed by atoms with van der Waals surface area (Å²) in [6.45, 7) is 0.0252. The van der Waals surface area contributed by atoms with Crippen LogP contribution in [-0.2, 0) is 13.6 Å². The second kappa shape index (κ2) is 8.10. The zero-order valence-electron chi connectivity index (χ0n) is 18.3. The first kappa shape index (κ1) is 20.8. The summed E-state index contributed by atoms with van der Waals surface area (Å²) in [5.41, 5.74) is 2.38. The number of fused-ring (bicyclic) bond motifs is 3. The van der Waals surface area contributed by atoms with Crippen LogP contribution >= 0.6 is 0 Å². The lowest BCUT2D eigenvalue weighted by molar-refractivity contribution is 0.277. The molecule has 0 atom stereocenters. The van der Waals surface area contributed by atoms with Crippen molar-refractivity contribution < 1.29 is 9.84 Å².